The molecule has 0 atom stereocenters. The molecular weight excluding hydrogens is 430 g/mol. The second kappa shape index (κ2) is 8.54. The molecule has 0 bridgehead atoms. The monoisotopic (exact) mass is 459 g/mol. The van der Waals surface area contributed by atoms with Gasteiger partial charge in [0, 0.05) is 26.2 Å². The van der Waals surface area contributed by atoms with Crippen molar-refractivity contribution in [1.82, 2.24) is 4.90 Å². The number of hydrogen-bond acceptors (Lipinski definition) is 6. The lowest BCUT2D eigenvalue weighted by Crippen LogP contribution is -2.50. The maximum Gasteiger partial charge on any atom is 0.410 e. The zero-order chi connectivity index (χ0) is 22.9. The van der Waals surface area contributed by atoms with Crippen molar-refractivity contribution in [1.29, 1.82) is 0 Å². The SMILES string of the molecule is CC(C)(C)OC(=O)N1CCN(c2cccc3c2OCS(=O)(=O)N3Cc2ccccc2)CC1. The van der Waals surface area contributed by atoms with Gasteiger partial charge < -0.3 is 19.3 Å². The summed E-state index contributed by atoms with van der Waals surface area (Å²) in [5.74, 6) is 0.158. The number of nitrogens with zero attached hydrogens (tertiary/aromatic N) is 3. The van der Waals surface area contributed by atoms with Gasteiger partial charge in [0.15, 0.2) is 5.75 Å². The number of rotatable bonds is 3. The van der Waals surface area contributed by atoms with Crippen LogP contribution in [0.4, 0.5) is 16.2 Å². The molecule has 0 N–H and O–H groups in total. The van der Waals surface area contributed by atoms with E-state index < -0.39 is 21.6 Å². The quantitative estimate of drug-likeness (QED) is 0.700. The maximum atomic E-state index is 12.8. The van der Waals surface area contributed by atoms with Gasteiger partial charge in [0.1, 0.15) is 5.60 Å². The number of benzene rings is 2. The summed E-state index contributed by atoms with van der Waals surface area (Å²) in [6.07, 6.45) is -0.316. The molecule has 8 nitrogen and oxygen atoms in total. The Morgan fingerprint density at radius 3 is 2.28 bits per heavy atom. The Morgan fingerprint density at radius 1 is 0.969 bits per heavy atom. The third kappa shape index (κ3) is 4.77. The molecule has 0 aliphatic carbocycles. The minimum Gasteiger partial charge on any atom is -0.471 e. The minimum absolute atomic E-state index is 0.245. The molecule has 1 fully saturated rings. The summed E-state index contributed by atoms with van der Waals surface area (Å²) in [7, 11) is -3.60. The van der Waals surface area contributed by atoms with Crippen molar-refractivity contribution in [3.63, 3.8) is 0 Å². The van der Waals surface area contributed by atoms with E-state index in [0.717, 1.165) is 11.3 Å². The molecule has 9 heteroatoms. The highest BCUT2D eigenvalue weighted by atomic mass is 32.2. The number of carbonyl (C=O) groups is 1. The number of anilines is 2. The molecule has 4 rings (SSSR count). The summed E-state index contributed by atoms with van der Waals surface area (Å²) in [6, 6.07) is 15.1. The summed E-state index contributed by atoms with van der Waals surface area (Å²) in [6.45, 7) is 8.04. The van der Waals surface area contributed by atoms with Crippen LogP contribution in [0, 0.1) is 0 Å². The Bertz CT molecular complexity index is 1070. The second-order valence-corrected chi connectivity index (χ2v) is 10.8. The van der Waals surface area contributed by atoms with E-state index in [1.807, 2.05) is 63.2 Å². The largest absolute Gasteiger partial charge is 0.471 e. The van der Waals surface area contributed by atoms with Gasteiger partial charge in [0.05, 0.1) is 17.9 Å². The van der Waals surface area contributed by atoms with E-state index in [-0.39, 0.29) is 12.6 Å². The standard InChI is InChI=1S/C23H29N3O5S/c1-23(2,3)31-22(27)25-14-12-24(13-15-25)19-10-7-11-20-21(19)30-17-32(28,29)26(20)16-18-8-5-4-6-9-18/h4-11H,12-17H2,1-3H3. The van der Waals surface area contributed by atoms with E-state index >= 15 is 0 Å². The highest BCUT2D eigenvalue weighted by molar-refractivity contribution is 7.92. The molecule has 0 unspecified atom stereocenters. The number of carbonyl (C=O) groups excluding carboxylic acids is 1. The Labute approximate surface area is 189 Å². The Morgan fingerprint density at radius 2 is 1.62 bits per heavy atom. The third-order valence-corrected chi connectivity index (χ3v) is 6.78. The fraction of sp³-hybridized carbons (Fsp3) is 0.435. The predicted molar refractivity (Wildman–Crippen MR) is 124 cm³/mol. The zero-order valence-corrected chi connectivity index (χ0v) is 19.5. The lowest BCUT2D eigenvalue weighted by atomic mass is 10.1. The summed E-state index contributed by atoms with van der Waals surface area (Å²) >= 11 is 0. The van der Waals surface area contributed by atoms with E-state index in [1.165, 1.54) is 4.31 Å². The van der Waals surface area contributed by atoms with Crippen LogP contribution in [-0.4, -0.2) is 57.1 Å². The van der Waals surface area contributed by atoms with E-state index in [9.17, 15) is 13.2 Å². The van der Waals surface area contributed by atoms with E-state index in [4.69, 9.17) is 9.47 Å². The first kappa shape index (κ1) is 22.3. The van der Waals surface area contributed by atoms with Crippen molar-refractivity contribution in [3.05, 3.63) is 54.1 Å². The first-order valence-corrected chi connectivity index (χ1v) is 12.3. The van der Waals surface area contributed by atoms with Crippen LogP contribution < -0.4 is 13.9 Å². The second-order valence-electron chi connectivity index (χ2n) is 8.95. The average molecular weight is 460 g/mol. The molecule has 0 spiro atoms. The van der Waals surface area contributed by atoms with Crippen LogP contribution in [-0.2, 0) is 21.3 Å². The first-order chi connectivity index (χ1) is 15.1. The van der Waals surface area contributed by atoms with Crippen LogP contribution in [0.25, 0.3) is 0 Å². The topological polar surface area (TPSA) is 79.4 Å². The van der Waals surface area contributed by atoms with Crippen LogP contribution in [0.5, 0.6) is 5.75 Å². The molecule has 2 aromatic rings. The average Bonchev–Trinajstić information content (AvgIpc) is 2.75. The van der Waals surface area contributed by atoms with Crippen molar-refractivity contribution in [2.45, 2.75) is 32.9 Å². The minimum atomic E-state index is -3.60. The van der Waals surface area contributed by atoms with Gasteiger partial charge in [-0.3, -0.25) is 4.31 Å². The normalized spacial score (nSPS) is 18.0. The number of para-hydroxylation sites is 1. The maximum absolute atomic E-state index is 12.8. The smallest absolute Gasteiger partial charge is 0.410 e. The van der Waals surface area contributed by atoms with Crippen molar-refractivity contribution in [3.8, 4) is 5.75 Å². The molecule has 2 heterocycles. The fourth-order valence-electron chi connectivity index (χ4n) is 3.84. The Balaban J connectivity index is 1.54. The third-order valence-electron chi connectivity index (χ3n) is 5.37. The van der Waals surface area contributed by atoms with Crippen LogP contribution in [0.1, 0.15) is 26.3 Å². The van der Waals surface area contributed by atoms with Crippen LogP contribution in [0.2, 0.25) is 0 Å². The lowest BCUT2D eigenvalue weighted by Gasteiger charge is -2.39. The summed E-state index contributed by atoms with van der Waals surface area (Å²) in [5, 5.41) is 0. The summed E-state index contributed by atoms with van der Waals surface area (Å²) in [5.41, 5.74) is 1.74. The van der Waals surface area contributed by atoms with Crippen LogP contribution in [0.15, 0.2) is 48.5 Å². The highest BCUT2D eigenvalue weighted by Gasteiger charge is 2.34. The van der Waals surface area contributed by atoms with Gasteiger partial charge in [-0.25, -0.2) is 13.2 Å². The van der Waals surface area contributed by atoms with Gasteiger partial charge in [-0.05, 0) is 38.5 Å². The van der Waals surface area contributed by atoms with Crippen molar-refractivity contribution < 1.29 is 22.7 Å². The number of piperazine rings is 1. The molecule has 0 aromatic heterocycles. The van der Waals surface area contributed by atoms with Crippen LogP contribution in [0.3, 0.4) is 0 Å². The van der Waals surface area contributed by atoms with Gasteiger partial charge in [0.2, 0.25) is 5.94 Å². The van der Waals surface area contributed by atoms with Crippen molar-refractivity contribution >= 4 is 27.5 Å². The molecule has 0 radical (unpaired) electrons. The van der Waals surface area contributed by atoms with E-state index in [0.29, 0.717) is 37.6 Å². The van der Waals surface area contributed by atoms with Gasteiger partial charge in [-0.15, -0.1) is 0 Å². The predicted octanol–water partition coefficient (Wildman–Crippen LogP) is 3.43. The number of amides is 1. The molecule has 1 amide bonds. The zero-order valence-electron chi connectivity index (χ0n) is 18.7. The molecular formula is C23H29N3O5S. The molecule has 1 saturated heterocycles. The Kier molecular flexibility index (Phi) is 5.94. The molecule has 2 aliphatic rings. The molecule has 172 valence electrons. The Hall–Kier alpha value is -2.94. The molecule has 2 aliphatic heterocycles. The van der Waals surface area contributed by atoms with Gasteiger partial charge in [-0.2, -0.15) is 0 Å². The molecule has 2 aromatic carbocycles. The first-order valence-electron chi connectivity index (χ1n) is 10.7. The summed E-state index contributed by atoms with van der Waals surface area (Å²) < 4.78 is 38.2. The van der Waals surface area contributed by atoms with E-state index in [1.54, 1.807) is 11.0 Å². The molecule has 0 saturated carbocycles. The molecule has 32 heavy (non-hydrogen) atoms. The van der Waals surface area contributed by atoms with Gasteiger partial charge in [-0.1, -0.05) is 36.4 Å². The lowest BCUT2D eigenvalue weighted by molar-refractivity contribution is 0.0240. The van der Waals surface area contributed by atoms with Crippen molar-refractivity contribution in [2.24, 2.45) is 0 Å². The van der Waals surface area contributed by atoms with Crippen LogP contribution >= 0.6 is 0 Å². The number of sulfonamides is 1. The van der Waals surface area contributed by atoms with Crippen molar-refractivity contribution in [2.75, 3.05) is 41.3 Å². The van der Waals surface area contributed by atoms with Gasteiger partial charge in [0.25, 0.3) is 10.0 Å². The fourth-order valence-corrected chi connectivity index (χ4v) is 5.03. The summed E-state index contributed by atoms with van der Waals surface area (Å²) in [4.78, 5) is 16.2. The highest BCUT2D eigenvalue weighted by Crippen LogP contribution is 2.43. The number of ether oxygens (including phenoxy) is 2. The van der Waals surface area contributed by atoms with Gasteiger partial charge >= 0.3 is 6.09 Å². The number of hydrogen-bond donors (Lipinski definition) is 0. The van der Waals surface area contributed by atoms with E-state index in [2.05, 4.69) is 4.90 Å². The number of fused-ring (bicyclic) bond motifs is 1.